The molecule has 32 heavy (non-hydrogen) atoms. The number of aromatic nitrogens is 3. The van der Waals surface area contributed by atoms with Gasteiger partial charge < -0.3 is 10.6 Å². The number of thiazole rings is 1. The molecular weight excluding hydrogens is 472 g/mol. The molecule has 0 aromatic carbocycles. The summed E-state index contributed by atoms with van der Waals surface area (Å²) in [6, 6.07) is -0.481. The Kier molecular flexibility index (Phi) is 6.40. The Morgan fingerprint density at radius 3 is 2.53 bits per heavy atom. The fourth-order valence-electron chi connectivity index (χ4n) is 3.84. The summed E-state index contributed by atoms with van der Waals surface area (Å²) in [4.78, 5) is 11.3. The zero-order valence-corrected chi connectivity index (χ0v) is 18.7. The van der Waals surface area contributed by atoms with Crippen LogP contribution in [0.15, 0.2) is 6.20 Å². The number of alkyl halides is 3. The third-order valence-electron chi connectivity index (χ3n) is 5.49. The molecule has 4 rings (SSSR count). The molecule has 2 saturated heterocycles. The molecule has 2 aromatic rings. The summed E-state index contributed by atoms with van der Waals surface area (Å²) >= 11 is 0.784. The van der Waals surface area contributed by atoms with Gasteiger partial charge in [-0.15, -0.1) is 11.3 Å². The van der Waals surface area contributed by atoms with Gasteiger partial charge in [0.25, 0.3) is 0 Å². The van der Waals surface area contributed by atoms with E-state index in [1.54, 1.807) is 0 Å². The van der Waals surface area contributed by atoms with Gasteiger partial charge in [-0.3, -0.25) is 0 Å². The fraction of sp³-hybridized carbons (Fsp3) is 0.611. The van der Waals surface area contributed by atoms with E-state index in [2.05, 4.69) is 25.6 Å². The molecule has 0 spiro atoms. The maximum atomic E-state index is 14.5. The Bertz CT molecular complexity index is 1080. The van der Waals surface area contributed by atoms with Gasteiger partial charge in [0.15, 0.2) is 11.5 Å². The van der Waals surface area contributed by atoms with Crippen LogP contribution in [0.5, 0.6) is 0 Å². The van der Waals surface area contributed by atoms with Crippen molar-refractivity contribution in [3.05, 3.63) is 22.7 Å². The lowest BCUT2D eigenvalue weighted by atomic mass is 10.1. The third-order valence-corrected chi connectivity index (χ3v) is 7.96. The Hall–Kier alpha value is -1.90. The minimum absolute atomic E-state index is 0.0127. The molecule has 2 aliphatic rings. The molecule has 2 aliphatic heterocycles. The lowest BCUT2D eigenvalue weighted by Gasteiger charge is -2.30. The monoisotopic (exact) mass is 494 g/mol. The van der Waals surface area contributed by atoms with E-state index in [4.69, 9.17) is 0 Å². The second-order valence-electron chi connectivity index (χ2n) is 7.85. The van der Waals surface area contributed by atoms with E-state index in [0.717, 1.165) is 30.2 Å². The van der Waals surface area contributed by atoms with E-state index in [0.29, 0.717) is 38.9 Å². The van der Waals surface area contributed by atoms with Crippen LogP contribution in [0.4, 0.5) is 23.5 Å². The highest BCUT2D eigenvalue weighted by Crippen LogP contribution is 2.43. The number of rotatable bonds is 5. The molecule has 1 unspecified atom stereocenters. The van der Waals surface area contributed by atoms with Crippen LogP contribution in [0, 0.1) is 5.82 Å². The molecule has 0 radical (unpaired) electrons. The van der Waals surface area contributed by atoms with Gasteiger partial charge in [-0.1, -0.05) is 0 Å². The maximum Gasteiger partial charge on any atom is 0.434 e. The summed E-state index contributed by atoms with van der Waals surface area (Å²) in [6.07, 6.45) is -0.358. The molecule has 14 heteroatoms. The highest BCUT2D eigenvalue weighted by Gasteiger charge is 2.40. The van der Waals surface area contributed by atoms with Crippen LogP contribution >= 0.6 is 11.3 Å². The molecule has 4 heterocycles. The first-order chi connectivity index (χ1) is 15.0. The quantitative estimate of drug-likeness (QED) is 0.617. The number of sulfonamides is 1. The molecule has 0 aliphatic carbocycles. The smallest absolute Gasteiger partial charge is 0.351 e. The maximum absolute atomic E-state index is 14.5. The molecule has 176 valence electrons. The molecule has 0 amide bonds. The van der Waals surface area contributed by atoms with Crippen molar-refractivity contribution >= 4 is 27.3 Å². The van der Waals surface area contributed by atoms with E-state index in [9.17, 15) is 26.0 Å². The highest BCUT2D eigenvalue weighted by molar-refractivity contribution is 7.88. The number of piperidine rings is 1. The van der Waals surface area contributed by atoms with Crippen molar-refractivity contribution in [2.24, 2.45) is 0 Å². The van der Waals surface area contributed by atoms with E-state index in [-0.39, 0.29) is 27.9 Å². The van der Waals surface area contributed by atoms with Crippen molar-refractivity contribution in [3.63, 3.8) is 0 Å². The second kappa shape index (κ2) is 8.80. The van der Waals surface area contributed by atoms with Crippen LogP contribution in [0.1, 0.15) is 42.4 Å². The number of hydrogen-bond acceptors (Lipinski definition) is 8. The Labute approximate surface area is 186 Å². The minimum atomic E-state index is -4.76. The highest BCUT2D eigenvalue weighted by atomic mass is 32.2. The fourth-order valence-corrected chi connectivity index (χ4v) is 5.91. The molecule has 0 bridgehead atoms. The Balaban J connectivity index is 1.59. The van der Waals surface area contributed by atoms with Gasteiger partial charge in [-0.05, 0) is 32.2 Å². The van der Waals surface area contributed by atoms with Crippen LogP contribution in [-0.4, -0.2) is 59.6 Å². The number of nitrogens with zero attached hydrogens (tertiary/aromatic N) is 4. The molecule has 2 aromatic heterocycles. The summed E-state index contributed by atoms with van der Waals surface area (Å²) < 4.78 is 80.2. The molecule has 2 N–H and O–H groups in total. The first-order valence-corrected chi connectivity index (χ1v) is 12.7. The first kappa shape index (κ1) is 23.3. The zero-order valence-electron chi connectivity index (χ0n) is 17.1. The standard InChI is InChI=1S/C18H22F4N6O2S2/c1-32(29,30)28-7-4-10(5-8-28)25-17-24-9-11(19)13(26-17)14-15(18(20,21)22)27-16(31-14)12-3-2-6-23-12/h9-10,12,23H,2-8H2,1H3,(H,24,25,26). The zero-order chi connectivity index (χ0) is 23.1. The Morgan fingerprint density at radius 2 is 1.94 bits per heavy atom. The van der Waals surface area contributed by atoms with Crippen LogP contribution in [0.3, 0.4) is 0 Å². The lowest BCUT2D eigenvalue weighted by molar-refractivity contribution is -0.140. The van der Waals surface area contributed by atoms with Gasteiger partial charge in [0, 0.05) is 19.1 Å². The van der Waals surface area contributed by atoms with Crippen molar-refractivity contribution in [1.29, 1.82) is 0 Å². The number of hydrogen-bond donors (Lipinski definition) is 2. The van der Waals surface area contributed by atoms with Crippen molar-refractivity contribution in [2.45, 2.75) is 43.9 Å². The van der Waals surface area contributed by atoms with Gasteiger partial charge in [0.1, 0.15) is 10.7 Å². The molecule has 0 saturated carbocycles. The molecule has 2 fully saturated rings. The van der Waals surface area contributed by atoms with E-state index >= 15 is 0 Å². The van der Waals surface area contributed by atoms with Crippen molar-refractivity contribution < 1.29 is 26.0 Å². The van der Waals surface area contributed by atoms with Crippen LogP contribution in [-0.2, 0) is 16.2 Å². The van der Waals surface area contributed by atoms with E-state index < -0.39 is 33.4 Å². The van der Waals surface area contributed by atoms with Crippen LogP contribution in [0.25, 0.3) is 10.6 Å². The van der Waals surface area contributed by atoms with Crippen LogP contribution < -0.4 is 10.6 Å². The van der Waals surface area contributed by atoms with Gasteiger partial charge in [-0.25, -0.2) is 32.1 Å². The SMILES string of the molecule is CS(=O)(=O)N1CCC(Nc2ncc(F)c(-c3sc(C4CCCN4)nc3C(F)(F)F)n2)CC1. The van der Waals surface area contributed by atoms with Crippen molar-refractivity contribution in [2.75, 3.05) is 31.2 Å². The topological polar surface area (TPSA) is 100 Å². The van der Waals surface area contributed by atoms with Gasteiger partial charge >= 0.3 is 6.18 Å². The number of halogens is 4. The van der Waals surface area contributed by atoms with E-state index in [1.165, 1.54) is 4.31 Å². The normalized spacial score (nSPS) is 21.2. The van der Waals surface area contributed by atoms with Gasteiger partial charge in [0.2, 0.25) is 16.0 Å². The minimum Gasteiger partial charge on any atom is -0.351 e. The molecule has 8 nitrogen and oxygen atoms in total. The number of nitrogens with one attached hydrogen (secondary N) is 2. The average Bonchev–Trinajstić information content (AvgIpc) is 3.38. The summed E-state index contributed by atoms with van der Waals surface area (Å²) in [5, 5.41) is 6.35. The summed E-state index contributed by atoms with van der Waals surface area (Å²) in [6.45, 7) is 1.29. The largest absolute Gasteiger partial charge is 0.434 e. The van der Waals surface area contributed by atoms with Gasteiger partial charge in [-0.2, -0.15) is 13.2 Å². The third kappa shape index (κ3) is 5.02. The second-order valence-corrected chi connectivity index (χ2v) is 10.9. The summed E-state index contributed by atoms with van der Waals surface area (Å²) in [5.74, 6) is -0.983. The summed E-state index contributed by atoms with van der Waals surface area (Å²) in [7, 11) is -3.29. The lowest BCUT2D eigenvalue weighted by Crippen LogP contribution is -2.42. The van der Waals surface area contributed by atoms with Gasteiger partial charge in [0.05, 0.1) is 23.4 Å². The molecule has 1 atom stereocenters. The van der Waals surface area contributed by atoms with Crippen molar-refractivity contribution in [1.82, 2.24) is 24.6 Å². The summed E-state index contributed by atoms with van der Waals surface area (Å²) in [5.41, 5.74) is -1.61. The van der Waals surface area contributed by atoms with Crippen LogP contribution in [0.2, 0.25) is 0 Å². The first-order valence-electron chi connectivity index (χ1n) is 10.1. The molecular formula is C18H22F4N6O2S2. The van der Waals surface area contributed by atoms with E-state index in [1.807, 2.05) is 0 Å². The van der Waals surface area contributed by atoms with Crippen molar-refractivity contribution in [3.8, 4) is 10.6 Å². The predicted octanol–water partition coefficient (Wildman–Crippen LogP) is 3.02. The Morgan fingerprint density at radius 1 is 1.22 bits per heavy atom. The average molecular weight is 495 g/mol. The number of anilines is 1. The predicted molar refractivity (Wildman–Crippen MR) is 111 cm³/mol.